The van der Waals surface area contributed by atoms with Crippen LogP contribution in [0.5, 0.6) is 0 Å². The van der Waals surface area contributed by atoms with Crippen molar-refractivity contribution in [3.63, 3.8) is 0 Å². The molecule has 0 amide bonds. The van der Waals surface area contributed by atoms with Crippen molar-refractivity contribution >= 4 is 67.0 Å². The van der Waals surface area contributed by atoms with Gasteiger partial charge in [-0.2, -0.15) is 0 Å². The van der Waals surface area contributed by atoms with Gasteiger partial charge in [0.05, 0.1) is 50.7 Å². The summed E-state index contributed by atoms with van der Waals surface area (Å²) in [4.78, 5) is 47.0. The molecule has 0 fully saturated rings. The first-order valence-electron chi connectivity index (χ1n) is 23.9. The van der Waals surface area contributed by atoms with Crippen molar-refractivity contribution in [3.05, 3.63) is 261 Å². The zero-order valence-corrected chi connectivity index (χ0v) is 41.7. The molecule has 0 N–H and O–H groups in total. The molecule has 10 aromatic rings. The molecule has 0 aromatic heterocycles. The molecule has 0 bridgehead atoms. The first kappa shape index (κ1) is 50.3. The van der Waals surface area contributed by atoms with Gasteiger partial charge < -0.3 is 18.9 Å². The monoisotopic (exact) mass is 988 g/mol. The Labute approximate surface area is 439 Å². The molecule has 0 saturated carbocycles. The largest absolute Gasteiger partial charge is 0.465 e. The molecule has 76 heavy (non-hydrogen) atoms. The number of fused-ring (bicyclic) bond motifs is 4. The van der Waals surface area contributed by atoms with Crippen LogP contribution in [0.25, 0.3) is 43.1 Å². The molecule has 0 aliphatic rings. The average molecular weight is 989 g/mol. The van der Waals surface area contributed by atoms with Gasteiger partial charge in [-0.1, -0.05) is 144 Å². The van der Waals surface area contributed by atoms with Gasteiger partial charge in [0, 0.05) is 44.5 Å². The van der Waals surface area contributed by atoms with Crippen molar-refractivity contribution in [2.45, 2.75) is 0 Å². The summed E-state index contributed by atoms with van der Waals surface area (Å²) < 4.78 is 19.1. The molecular weight excluding hydrogens is 945 g/mol. The highest BCUT2D eigenvalue weighted by atomic mass is 16.5. The normalized spacial score (nSPS) is 10.2. The Kier molecular flexibility index (Phi) is 15.4. The topological polar surface area (TPSA) is 105 Å². The van der Waals surface area contributed by atoms with E-state index >= 15 is 0 Å². The molecule has 364 valence electrons. The van der Waals surface area contributed by atoms with E-state index in [-0.39, 0.29) is 23.9 Å². The Hall–Kier alpha value is -10.6. The van der Waals surface area contributed by atoms with Crippen molar-refractivity contribution in [2.24, 2.45) is 0 Å². The van der Waals surface area contributed by atoms with Gasteiger partial charge in [0.25, 0.3) is 0 Å². The molecule has 10 rings (SSSR count). The lowest BCUT2D eigenvalue weighted by Crippen LogP contribution is -2.00. The third-order valence-electron chi connectivity index (χ3n) is 12.4. The van der Waals surface area contributed by atoms with Crippen molar-refractivity contribution in [3.8, 4) is 47.4 Å². The maximum atomic E-state index is 11.7. The van der Waals surface area contributed by atoms with E-state index in [9.17, 15) is 19.2 Å². The van der Waals surface area contributed by atoms with Crippen molar-refractivity contribution in [1.29, 1.82) is 0 Å². The standard InChI is InChI=1S/2C34H22O4/c2*1-37-33(35)25-17-11-23(12-18-25)15-21-31-27-7-3-5-9-29(27)32(30-10-6-4-8-28(30)31)22-16-24-13-19-26(20-14-24)34(36)38-2/h2*3-14,17-20H,1-2H3. The van der Waals surface area contributed by atoms with Crippen molar-refractivity contribution in [2.75, 3.05) is 28.4 Å². The van der Waals surface area contributed by atoms with Crippen LogP contribution in [0.4, 0.5) is 0 Å². The number of esters is 4. The fourth-order valence-electron chi connectivity index (χ4n) is 8.56. The lowest BCUT2D eigenvalue weighted by Gasteiger charge is -2.10. The predicted octanol–water partition coefficient (Wildman–Crippen LogP) is 12.7. The quantitative estimate of drug-likeness (QED) is 0.0743. The Morgan fingerprint density at radius 3 is 0.539 bits per heavy atom. The molecule has 0 aliphatic heterocycles. The smallest absolute Gasteiger partial charge is 0.337 e. The Morgan fingerprint density at radius 1 is 0.237 bits per heavy atom. The highest BCUT2D eigenvalue weighted by Gasteiger charge is 2.14. The summed E-state index contributed by atoms with van der Waals surface area (Å²) in [6.45, 7) is 0. The number of carbonyl (C=O) groups excluding carboxylic acids is 4. The zero-order valence-electron chi connectivity index (χ0n) is 41.7. The molecular formula is C68H44O8. The summed E-state index contributed by atoms with van der Waals surface area (Å²) in [5.74, 6) is 25.0. The number of rotatable bonds is 4. The fourth-order valence-corrected chi connectivity index (χ4v) is 8.56. The molecule has 0 saturated heterocycles. The van der Waals surface area contributed by atoms with Crippen LogP contribution < -0.4 is 0 Å². The van der Waals surface area contributed by atoms with Crippen LogP contribution in [0.2, 0.25) is 0 Å². The van der Waals surface area contributed by atoms with E-state index in [2.05, 4.69) is 95.9 Å². The summed E-state index contributed by atoms with van der Waals surface area (Å²) in [5.41, 5.74) is 8.79. The lowest BCUT2D eigenvalue weighted by molar-refractivity contribution is 0.0592. The van der Waals surface area contributed by atoms with E-state index in [0.717, 1.165) is 87.6 Å². The van der Waals surface area contributed by atoms with Crippen LogP contribution in [-0.2, 0) is 18.9 Å². The van der Waals surface area contributed by atoms with Gasteiger partial charge in [-0.3, -0.25) is 0 Å². The van der Waals surface area contributed by atoms with Gasteiger partial charge in [0.2, 0.25) is 0 Å². The summed E-state index contributed by atoms with van der Waals surface area (Å²) in [6, 6.07) is 60.6. The SMILES string of the molecule is COC(=O)c1ccc(C#Cc2c3ccccc3c(C#Cc3ccc(C(=O)OC)cc3)c3ccccc23)cc1.COC(=O)c1ccc(C#Cc2c3ccccc3c(C#Cc3ccc(C(=O)OC)cc3)c3ccccc23)cc1. The van der Waals surface area contributed by atoms with Crippen LogP contribution in [0.15, 0.2) is 194 Å². The molecule has 0 radical (unpaired) electrons. The van der Waals surface area contributed by atoms with Crippen LogP contribution in [-0.4, -0.2) is 52.3 Å². The number of hydrogen-bond donors (Lipinski definition) is 0. The second kappa shape index (κ2) is 23.3. The minimum absolute atomic E-state index is 0.377. The summed E-state index contributed by atoms with van der Waals surface area (Å²) in [5, 5.41) is 8.08. The highest BCUT2D eigenvalue weighted by molar-refractivity contribution is 6.11. The molecule has 8 nitrogen and oxygen atoms in total. The third-order valence-corrected chi connectivity index (χ3v) is 12.4. The van der Waals surface area contributed by atoms with Gasteiger partial charge in [0.1, 0.15) is 0 Å². The van der Waals surface area contributed by atoms with E-state index in [1.54, 1.807) is 48.5 Å². The zero-order chi connectivity index (χ0) is 53.0. The number of hydrogen-bond acceptors (Lipinski definition) is 8. The average Bonchev–Trinajstić information content (AvgIpc) is 3.48. The van der Waals surface area contributed by atoms with E-state index in [1.165, 1.54) is 28.4 Å². The van der Waals surface area contributed by atoms with E-state index in [0.29, 0.717) is 22.3 Å². The Bertz CT molecular complexity index is 3500. The van der Waals surface area contributed by atoms with Crippen LogP contribution in [0.3, 0.4) is 0 Å². The van der Waals surface area contributed by atoms with Crippen LogP contribution in [0, 0.1) is 47.4 Å². The molecule has 8 heteroatoms. The Morgan fingerprint density at radius 2 is 0.395 bits per heavy atom. The van der Waals surface area contributed by atoms with Gasteiger partial charge in [0.15, 0.2) is 0 Å². The van der Waals surface area contributed by atoms with E-state index in [4.69, 9.17) is 18.9 Å². The van der Waals surface area contributed by atoms with Crippen molar-refractivity contribution < 1.29 is 38.1 Å². The minimum atomic E-state index is -0.377. The van der Waals surface area contributed by atoms with Gasteiger partial charge in [-0.25, -0.2) is 19.2 Å². The number of methoxy groups -OCH3 is 4. The number of ether oxygens (including phenoxy) is 4. The number of benzene rings is 10. The maximum Gasteiger partial charge on any atom is 0.337 e. The summed E-state index contributed by atoms with van der Waals surface area (Å²) >= 11 is 0. The second-order valence-electron chi connectivity index (χ2n) is 17.0. The molecule has 0 unspecified atom stereocenters. The first-order chi connectivity index (χ1) is 37.2. The predicted molar refractivity (Wildman–Crippen MR) is 298 cm³/mol. The molecule has 10 aromatic carbocycles. The molecule has 0 spiro atoms. The van der Waals surface area contributed by atoms with Crippen LogP contribution >= 0.6 is 0 Å². The second-order valence-corrected chi connectivity index (χ2v) is 17.0. The molecule has 0 heterocycles. The first-order valence-corrected chi connectivity index (χ1v) is 23.9. The summed E-state index contributed by atoms with van der Waals surface area (Å²) in [7, 11) is 5.45. The fraction of sp³-hybridized carbons (Fsp3) is 0.0588. The minimum Gasteiger partial charge on any atom is -0.465 e. The molecule has 0 aliphatic carbocycles. The highest BCUT2D eigenvalue weighted by Crippen LogP contribution is 2.34. The van der Waals surface area contributed by atoms with Gasteiger partial charge in [-0.05, 0) is 140 Å². The van der Waals surface area contributed by atoms with Gasteiger partial charge >= 0.3 is 23.9 Å². The van der Waals surface area contributed by atoms with Crippen molar-refractivity contribution in [1.82, 2.24) is 0 Å². The van der Waals surface area contributed by atoms with Crippen LogP contribution in [0.1, 0.15) is 85.9 Å². The van der Waals surface area contributed by atoms with E-state index < -0.39 is 0 Å². The van der Waals surface area contributed by atoms with E-state index in [1.807, 2.05) is 97.1 Å². The van der Waals surface area contributed by atoms with Gasteiger partial charge in [-0.15, -0.1) is 0 Å². The summed E-state index contributed by atoms with van der Waals surface area (Å²) in [6.07, 6.45) is 0. The molecule has 0 atom stereocenters. The number of carbonyl (C=O) groups is 4. The third kappa shape index (κ3) is 11.0. The Balaban J connectivity index is 0.000000186. The maximum absolute atomic E-state index is 11.7. The lowest BCUT2D eigenvalue weighted by atomic mass is 9.92.